The van der Waals surface area contributed by atoms with E-state index in [2.05, 4.69) is 17.6 Å². The molecule has 0 spiro atoms. The van der Waals surface area contributed by atoms with E-state index in [1.807, 2.05) is 19.1 Å². The molecule has 1 N–H and O–H groups in total. The minimum atomic E-state index is 0.325. The van der Waals surface area contributed by atoms with E-state index >= 15 is 0 Å². The number of rotatable bonds is 6. The van der Waals surface area contributed by atoms with E-state index in [9.17, 15) is 0 Å². The number of hydrogen-bond acceptors (Lipinski definition) is 3. The van der Waals surface area contributed by atoms with Gasteiger partial charge in [-0.2, -0.15) is 5.48 Å². The van der Waals surface area contributed by atoms with Crippen molar-refractivity contribution in [3.05, 3.63) is 29.8 Å². The molecule has 16 heavy (non-hydrogen) atoms. The second-order valence-corrected chi connectivity index (χ2v) is 4.14. The van der Waals surface area contributed by atoms with E-state index in [4.69, 9.17) is 9.57 Å². The largest absolute Gasteiger partial charge is 0.497 e. The van der Waals surface area contributed by atoms with Crippen LogP contribution in [0.25, 0.3) is 0 Å². The molecule has 1 saturated carbocycles. The SMILES string of the molecule is CCONC(c1ccc(OC)cc1)C1CC1. The van der Waals surface area contributed by atoms with Crippen molar-refractivity contribution in [2.75, 3.05) is 13.7 Å². The Hall–Kier alpha value is -1.06. The van der Waals surface area contributed by atoms with Crippen molar-refractivity contribution in [3.8, 4) is 5.75 Å². The van der Waals surface area contributed by atoms with E-state index in [0.717, 1.165) is 11.7 Å². The second kappa shape index (κ2) is 5.32. The van der Waals surface area contributed by atoms with Gasteiger partial charge in [-0.05, 0) is 43.4 Å². The number of nitrogens with one attached hydrogen (secondary N) is 1. The first kappa shape index (κ1) is 11.4. The van der Waals surface area contributed by atoms with Gasteiger partial charge in [0.15, 0.2) is 0 Å². The Kier molecular flexibility index (Phi) is 3.80. The van der Waals surface area contributed by atoms with Crippen LogP contribution in [0.3, 0.4) is 0 Å². The number of hydrogen-bond donors (Lipinski definition) is 1. The van der Waals surface area contributed by atoms with Gasteiger partial charge in [-0.1, -0.05) is 12.1 Å². The first-order valence-electron chi connectivity index (χ1n) is 5.86. The summed E-state index contributed by atoms with van der Waals surface area (Å²) in [5.41, 5.74) is 4.42. The highest BCUT2D eigenvalue weighted by Crippen LogP contribution is 2.41. The summed E-state index contributed by atoms with van der Waals surface area (Å²) in [6.07, 6.45) is 2.58. The highest BCUT2D eigenvalue weighted by molar-refractivity contribution is 5.29. The van der Waals surface area contributed by atoms with Gasteiger partial charge in [-0.15, -0.1) is 0 Å². The number of ether oxygens (including phenoxy) is 1. The van der Waals surface area contributed by atoms with Gasteiger partial charge in [0, 0.05) is 0 Å². The lowest BCUT2D eigenvalue weighted by molar-refractivity contribution is 0.0183. The lowest BCUT2D eigenvalue weighted by atomic mass is 10.0. The van der Waals surface area contributed by atoms with Crippen molar-refractivity contribution in [2.45, 2.75) is 25.8 Å². The summed E-state index contributed by atoms with van der Waals surface area (Å²) >= 11 is 0. The normalized spacial score (nSPS) is 17.1. The lowest BCUT2D eigenvalue weighted by Crippen LogP contribution is -2.23. The summed E-state index contributed by atoms with van der Waals surface area (Å²) in [5, 5.41) is 0. The summed E-state index contributed by atoms with van der Waals surface area (Å²) in [7, 11) is 1.69. The number of hydroxylamine groups is 1. The molecule has 0 bridgehead atoms. The fourth-order valence-corrected chi connectivity index (χ4v) is 1.85. The van der Waals surface area contributed by atoms with Crippen molar-refractivity contribution in [3.63, 3.8) is 0 Å². The van der Waals surface area contributed by atoms with E-state index in [1.54, 1.807) is 7.11 Å². The first-order chi connectivity index (χ1) is 7.85. The zero-order valence-corrected chi connectivity index (χ0v) is 9.90. The predicted molar refractivity (Wildman–Crippen MR) is 63.2 cm³/mol. The van der Waals surface area contributed by atoms with Gasteiger partial charge in [-0.25, -0.2) is 0 Å². The maximum absolute atomic E-state index is 5.33. The van der Waals surface area contributed by atoms with Crippen molar-refractivity contribution < 1.29 is 9.57 Å². The van der Waals surface area contributed by atoms with Crippen LogP contribution in [0.1, 0.15) is 31.4 Å². The fraction of sp³-hybridized carbons (Fsp3) is 0.538. The number of methoxy groups -OCH3 is 1. The third-order valence-corrected chi connectivity index (χ3v) is 2.92. The maximum atomic E-state index is 5.33. The lowest BCUT2D eigenvalue weighted by Gasteiger charge is -2.18. The maximum Gasteiger partial charge on any atom is 0.118 e. The van der Waals surface area contributed by atoms with Crippen LogP contribution < -0.4 is 10.2 Å². The van der Waals surface area contributed by atoms with Gasteiger partial charge < -0.3 is 9.57 Å². The van der Waals surface area contributed by atoms with Crippen LogP contribution in [0, 0.1) is 5.92 Å². The minimum absolute atomic E-state index is 0.325. The fourth-order valence-electron chi connectivity index (χ4n) is 1.85. The van der Waals surface area contributed by atoms with Gasteiger partial charge in [0.25, 0.3) is 0 Å². The van der Waals surface area contributed by atoms with Crippen molar-refractivity contribution >= 4 is 0 Å². The molecule has 1 aliphatic rings. The third kappa shape index (κ3) is 2.74. The molecule has 1 aromatic carbocycles. The van der Waals surface area contributed by atoms with Crippen molar-refractivity contribution in [1.29, 1.82) is 0 Å². The molecule has 3 nitrogen and oxygen atoms in total. The second-order valence-electron chi connectivity index (χ2n) is 4.14. The van der Waals surface area contributed by atoms with Crippen LogP contribution in [-0.2, 0) is 4.84 Å². The average molecular weight is 221 g/mol. The van der Waals surface area contributed by atoms with E-state index < -0.39 is 0 Å². The Labute approximate surface area is 96.7 Å². The smallest absolute Gasteiger partial charge is 0.118 e. The predicted octanol–water partition coefficient (Wildman–Crippen LogP) is 2.69. The zero-order valence-electron chi connectivity index (χ0n) is 9.90. The Balaban J connectivity index is 2.05. The van der Waals surface area contributed by atoms with Gasteiger partial charge in [0.05, 0.1) is 19.8 Å². The molecule has 3 heteroatoms. The van der Waals surface area contributed by atoms with E-state index in [-0.39, 0.29) is 0 Å². The molecule has 1 unspecified atom stereocenters. The molecule has 1 atom stereocenters. The summed E-state index contributed by atoms with van der Waals surface area (Å²) in [4.78, 5) is 5.33. The molecular weight excluding hydrogens is 202 g/mol. The molecular formula is C13H19NO2. The number of benzene rings is 1. The van der Waals surface area contributed by atoms with Gasteiger partial charge >= 0.3 is 0 Å². The molecule has 0 aromatic heterocycles. The Morgan fingerprint density at radius 1 is 1.31 bits per heavy atom. The van der Waals surface area contributed by atoms with Crippen LogP contribution in [-0.4, -0.2) is 13.7 Å². The Morgan fingerprint density at radius 3 is 2.50 bits per heavy atom. The molecule has 0 radical (unpaired) electrons. The van der Waals surface area contributed by atoms with Gasteiger partial charge in [0.1, 0.15) is 5.75 Å². The van der Waals surface area contributed by atoms with Crippen LogP contribution in [0.15, 0.2) is 24.3 Å². The van der Waals surface area contributed by atoms with E-state index in [0.29, 0.717) is 12.6 Å². The van der Waals surface area contributed by atoms with Crippen LogP contribution in [0.2, 0.25) is 0 Å². The molecule has 1 aliphatic carbocycles. The standard InChI is InChI=1S/C13H19NO2/c1-3-16-14-13(10-4-5-10)11-6-8-12(15-2)9-7-11/h6-10,13-14H,3-5H2,1-2H3. The minimum Gasteiger partial charge on any atom is -0.497 e. The highest BCUT2D eigenvalue weighted by Gasteiger charge is 2.32. The molecule has 0 saturated heterocycles. The van der Waals surface area contributed by atoms with Crippen molar-refractivity contribution in [2.24, 2.45) is 5.92 Å². The van der Waals surface area contributed by atoms with Crippen LogP contribution >= 0.6 is 0 Å². The molecule has 0 amide bonds. The molecule has 2 rings (SSSR count). The van der Waals surface area contributed by atoms with Gasteiger partial charge in [0.2, 0.25) is 0 Å². The Bertz CT molecular complexity index is 319. The zero-order chi connectivity index (χ0) is 11.4. The van der Waals surface area contributed by atoms with Crippen LogP contribution in [0.5, 0.6) is 5.75 Å². The molecule has 1 aromatic rings. The molecule has 1 fully saturated rings. The van der Waals surface area contributed by atoms with E-state index in [1.165, 1.54) is 18.4 Å². The molecule has 88 valence electrons. The average Bonchev–Trinajstić information content (AvgIpc) is 3.15. The summed E-state index contributed by atoms with van der Waals surface area (Å²) in [6, 6.07) is 8.53. The summed E-state index contributed by atoms with van der Waals surface area (Å²) in [5.74, 6) is 1.62. The van der Waals surface area contributed by atoms with Crippen molar-refractivity contribution in [1.82, 2.24) is 5.48 Å². The first-order valence-corrected chi connectivity index (χ1v) is 5.86. The summed E-state index contributed by atoms with van der Waals surface area (Å²) in [6.45, 7) is 2.68. The monoisotopic (exact) mass is 221 g/mol. The third-order valence-electron chi connectivity index (χ3n) is 2.92. The summed E-state index contributed by atoms with van der Waals surface area (Å²) < 4.78 is 5.15. The van der Waals surface area contributed by atoms with Gasteiger partial charge in [-0.3, -0.25) is 0 Å². The topological polar surface area (TPSA) is 30.5 Å². The molecule has 0 aliphatic heterocycles. The quantitative estimate of drug-likeness (QED) is 0.749. The highest BCUT2D eigenvalue weighted by atomic mass is 16.6. The molecule has 0 heterocycles. The van der Waals surface area contributed by atoms with Crippen LogP contribution in [0.4, 0.5) is 0 Å². The Morgan fingerprint density at radius 2 is 2.00 bits per heavy atom.